The van der Waals surface area contributed by atoms with Gasteiger partial charge in [0.2, 0.25) is 11.8 Å². The van der Waals surface area contributed by atoms with E-state index in [0.717, 1.165) is 5.56 Å². The van der Waals surface area contributed by atoms with Gasteiger partial charge < -0.3 is 14.7 Å². The van der Waals surface area contributed by atoms with Crippen LogP contribution in [0.3, 0.4) is 0 Å². The quantitative estimate of drug-likeness (QED) is 0.510. The van der Waals surface area contributed by atoms with Gasteiger partial charge in [-0.05, 0) is 43.5 Å². The standard InChI is InChI=1S/C22H22N6O3/c1-13(14-9-11-15(12-10-14)22(30)28(3)4)25-18(19(23)24-2)21-27-26-20(31-21)16-7-5-6-8-17(16)29/h5-12,23,27,29H,2H2,1,3-4H3. The number of benzene rings is 2. The smallest absolute Gasteiger partial charge is 0.253 e. The van der Waals surface area contributed by atoms with Crippen LogP contribution in [0.2, 0.25) is 0 Å². The van der Waals surface area contributed by atoms with Gasteiger partial charge in [-0.3, -0.25) is 10.2 Å². The van der Waals surface area contributed by atoms with E-state index in [1.54, 1.807) is 63.5 Å². The predicted octanol–water partition coefficient (Wildman–Crippen LogP) is 2.73. The summed E-state index contributed by atoms with van der Waals surface area (Å²) < 4.78 is 5.70. The molecule has 2 aromatic carbocycles. The van der Waals surface area contributed by atoms with Crippen LogP contribution in [0.4, 0.5) is 0 Å². The zero-order valence-electron chi connectivity index (χ0n) is 17.4. The number of hydrogen-bond donors (Lipinski definition) is 3. The highest BCUT2D eigenvalue weighted by atomic mass is 16.5. The monoisotopic (exact) mass is 418 g/mol. The van der Waals surface area contributed by atoms with Crippen LogP contribution in [0.1, 0.15) is 28.4 Å². The van der Waals surface area contributed by atoms with Gasteiger partial charge in [-0.2, -0.15) is 0 Å². The number of aromatic hydroxyl groups is 1. The summed E-state index contributed by atoms with van der Waals surface area (Å²) in [4.78, 5) is 21.7. The van der Waals surface area contributed by atoms with E-state index in [2.05, 4.69) is 27.2 Å². The molecule has 0 aliphatic carbocycles. The van der Waals surface area contributed by atoms with Crippen molar-refractivity contribution >= 4 is 30.1 Å². The number of carbonyl (C=O) groups excluding carboxylic acids is 1. The van der Waals surface area contributed by atoms with Crippen molar-refractivity contribution in [2.24, 2.45) is 15.1 Å². The fourth-order valence-corrected chi connectivity index (χ4v) is 2.75. The molecule has 0 saturated carbocycles. The number of phenolic OH excluding ortho intramolecular Hbond substituents is 1. The summed E-state index contributed by atoms with van der Waals surface area (Å²) >= 11 is 0. The van der Waals surface area contributed by atoms with Gasteiger partial charge in [0.15, 0.2) is 11.5 Å². The maximum Gasteiger partial charge on any atom is 0.253 e. The lowest BCUT2D eigenvalue weighted by atomic mass is 10.1. The summed E-state index contributed by atoms with van der Waals surface area (Å²) in [5.41, 5.74) is 5.06. The van der Waals surface area contributed by atoms with Crippen molar-refractivity contribution in [3.05, 3.63) is 76.8 Å². The summed E-state index contributed by atoms with van der Waals surface area (Å²) in [6.45, 7) is 5.15. The molecule has 0 atom stereocenters. The van der Waals surface area contributed by atoms with Gasteiger partial charge in [-0.15, -0.1) is 5.10 Å². The first kappa shape index (κ1) is 21.4. The predicted molar refractivity (Wildman–Crippen MR) is 120 cm³/mol. The molecule has 0 aromatic heterocycles. The van der Waals surface area contributed by atoms with E-state index >= 15 is 0 Å². The van der Waals surface area contributed by atoms with Crippen LogP contribution in [0.5, 0.6) is 5.75 Å². The van der Waals surface area contributed by atoms with E-state index in [1.165, 1.54) is 11.0 Å². The van der Waals surface area contributed by atoms with Gasteiger partial charge in [0.1, 0.15) is 5.75 Å². The molecule has 0 saturated heterocycles. The van der Waals surface area contributed by atoms with E-state index in [0.29, 0.717) is 16.8 Å². The molecule has 31 heavy (non-hydrogen) atoms. The molecule has 0 bridgehead atoms. The number of phenols is 1. The molecule has 1 amide bonds. The van der Waals surface area contributed by atoms with Crippen molar-refractivity contribution in [2.45, 2.75) is 6.92 Å². The Labute approximate surface area is 179 Å². The van der Waals surface area contributed by atoms with Crippen LogP contribution in [-0.4, -0.2) is 54.2 Å². The SMILES string of the molecule is C=NC(=N)C(N=C(C)c1ccc(C(=O)N(C)C)cc1)=C1NN=C(c2ccccc2O)O1. The molecule has 2 aromatic rings. The third kappa shape index (κ3) is 4.67. The van der Waals surface area contributed by atoms with E-state index in [1.807, 2.05) is 0 Å². The lowest BCUT2D eigenvalue weighted by molar-refractivity contribution is 0.0827. The highest BCUT2D eigenvalue weighted by Crippen LogP contribution is 2.23. The number of ether oxygens (including phenoxy) is 1. The average Bonchev–Trinajstić information content (AvgIpc) is 3.26. The van der Waals surface area contributed by atoms with E-state index in [9.17, 15) is 9.90 Å². The van der Waals surface area contributed by atoms with Crippen LogP contribution >= 0.6 is 0 Å². The molecule has 3 N–H and O–H groups in total. The number of amides is 1. The maximum absolute atomic E-state index is 12.1. The van der Waals surface area contributed by atoms with Crippen LogP contribution in [-0.2, 0) is 4.74 Å². The number of hydrazone groups is 1. The zero-order chi connectivity index (χ0) is 22.5. The number of aliphatic imine (C=N–C) groups is 2. The largest absolute Gasteiger partial charge is 0.507 e. The normalized spacial score (nSPS) is 14.8. The van der Waals surface area contributed by atoms with Gasteiger partial charge in [0.25, 0.3) is 5.91 Å². The van der Waals surface area contributed by atoms with Gasteiger partial charge >= 0.3 is 0 Å². The summed E-state index contributed by atoms with van der Waals surface area (Å²) in [6, 6.07) is 13.6. The molecule has 0 radical (unpaired) electrons. The highest BCUT2D eigenvalue weighted by Gasteiger charge is 2.23. The van der Waals surface area contributed by atoms with E-state index < -0.39 is 0 Å². The molecule has 9 nitrogen and oxygen atoms in total. The number of rotatable bonds is 5. The minimum atomic E-state index is -0.213. The molecule has 1 aliphatic rings. The Morgan fingerprint density at radius 3 is 2.42 bits per heavy atom. The van der Waals surface area contributed by atoms with Gasteiger partial charge in [0, 0.05) is 25.4 Å². The van der Waals surface area contributed by atoms with E-state index in [4.69, 9.17) is 10.1 Å². The van der Waals surface area contributed by atoms with Crippen molar-refractivity contribution in [1.82, 2.24) is 10.3 Å². The molecule has 0 fully saturated rings. The Morgan fingerprint density at radius 2 is 1.81 bits per heavy atom. The van der Waals surface area contributed by atoms with Crippen LogP contribution in [0.15, 0.2) is 75.2 Å². The minimum Gasteiger partial charge on any atom is -0.507 e. The molecule has 158 valence electrons. The number of para-hydroxylation sites is 1. The first-order valence-electron chi connectivity index (χ1n) is 9.29. The number of nitrogens with zero attached hydrogens (tertiary/aromatic N) is 4. The molecule has 1 aliphatic heterocycles. The second kappa shape index (κ2) is 9.04. The Hall–Kier alpha value is -4.27. The Kier molecular flexibility index (Phi) is 6.25. The summed E-state index contributed by atoms with van der Waals surface area (Å²) in [6.07, 6.45) is 0. The lowest BCUT2D eigenvalue weighted by Crippen LogP contribution is -2.21. The first-order valence-corrected chi connectivity index (χ1v) is 9.29. The van der Waals surface area contributed by atoms with Crippen molar-refractivity contribution in [2.75, 3.05) is 14.1 Å². The van der Waals surface area contributed by atoms with Crippen molar-refractivity contribution in [3.63, 3.8) is 0 Å². The topological polar surface area (TPSA) is 123 Å². The van der Waals surface area contributed by atoms with E-state index in [-0.39, 0.29) is 35.0 Å². The zero-order valence-corrected chi connectivity index (χ0v) is 17.4. The van der Waals surface area contributed by atoms with Gasteiger partial charge in [-0.1, -0.05) is 24.3 Å². The molecule has 0 unspecified atom stereocenters. The number of amidine groups is 1. The van der Waals surface area contributed by atoms with Crippen LogP contribution in [0.25, 0.3) is 0 Å². The summed E-state index contributed by atoms with van der Waals surface area (Å²) in [5.74, 6) is -0.0694. The summed E-state index contributed by atoms with van der Waals surface area (Å²) in [5, 5.41) is 22.2. The maximum atomic E-state index is 12.1. The Morgan fingerprint density at radius 1 is 1.16 bits per heavy atom. The number of carbonyl (C=O) groups is 1. The molecule has 0 spiro atoms. The first-order chi connectivity index (χ1) is 14.8. The molecular weight excluding hydrogens is 396 g/mol. The second-order valence-corrected chi connectivity index (χ2v) is 6.81. The number of nitrogens with one attached hydrogen (secondary N) is 2. The van der Waals surface area contributed by atoms with Crippen molar-refractivity contribution < 1.29 is 14.6 Å². The fraction of sp³-hybridized carbons (Fsp3) is 0.136. The third-order valence-electron chi connectivity index (χ3n) is 4.42. The van der Waals surface area contributed by atoms with Crippen molar-refractivity contribution in [1.29, 1.82) is 5.41 Å². The second-order valence-electron chi connectivity index (χ2n) is 6.81. The molecule has 1 heterocycles. The summed E-state index contributed by atoms with van der Waals surface area (Å²) in [7, 11) is 3.38. The van der Waals surface area contributed by atoms with Gasteiger partial charge in [0.05, 0.1) is 5.56 Å². The average molecular weight is 418 g/mol. The Bertz CT molecular complexity index is 1130. The minimum absolute atomic E-state index is 0.00909. The molecular formula is C22H22N6O3. The fourth-order valence-electron chi connectivity index (χ4n) is 2.75. The molecule has 3 rings (SSSR count). The van der Waals surface area contributed by atoms with Crippen LogP contribution in [0, 0.1) is 5.41 Å². The van der Waals surface area contributed by atoms with Crippen LogP contribution < -0.4 is 5.43 Å². The highest BCUT2D eigenvalue weighted by molar-refractivity contribution is 6.07. The third-order valence-corrected chi connectivity index (χ3v) is 4.42. The van der Waals surface area contributed by atoms with Crippen molar-refractivity contribution in [3.8, 4) is 5.75 Å². The number of hydrogen-bond acceptors (Lipinski definition) is 7. The van der Waals surface area contributed by atoms with Gasteiger partial charge in [-0.25, -0.2) is 15.4 Å². The Balaban J connectivity index is 1.91. The lowest BCUT2D eigenvalue weighted by Gasteiger charge is -2.11. The molecule has 9 heteroatoms.